The molecule has 1 unspecified atom stereocenters. The number of sulfonamides is 1. The van der Waals surface area contributed by atoms with Crippen LogP contribution in [0.1, 0.15) is 40.9 Å². The van der Waals surface area contributed by atoms with E-state index in [-0.39, 0.29) is 25.3 Å². The number of ketones is 1. The Morgan fingerprint density at radius 3 is 2.65 bits per heavy atom. The van der Waals surface area contributed by atoms with Gasteiger partial charge in [-0.3, -0.25) is 9.59 Å². The zero-order valence-corrected chi connectivity index (χ0v) is 22.8. The van der Waals surface area contributed by atoms with Gasteiger partial charge < -0.3 is 9.88 Å². The lowest BCUT2D eigenvalue weighted by Crippen LogP contribution is -2.51. The summed E-state index contributed by atoms with van der Waals surface area (Å²) in [6, 6.07) is 14.2. The molecular formula is C26H26Cl2N4O4S. The van der Waals surface area contributed by atoms with Crippen LogP contribution in [0, 0.1) is 11.3 Å². The average Bonchev–Trinajstić information content (AvgIpc) is 3.23. The third-order valence-electron chi connectivity index (χ3n) is 7.03. The van der Waals surface area contributed by atoms with Crippen molar-refractivity contribution in [3.05, 3.63) is 69.3 Å². The number of nitriles is 1. The Bertz CT molecular complexity index is 1540. The summed E-state index contributed by atoms with van der Waals surface area (Å²) in [6.07, 6.45) is 1.03. The van der Waals surface area contributed by atoms with E-state index in [0.717, 1.165) is 5.52 Å². The largest absolute Gasteiger partial charge is 0.358 e. The SMILES string of the molecule is CNC(=O)CS(=O)(=O)N1CCCC(CC(=O)c2cc3c(Cl)c(Cl)ccc3n2C)(c2cccc(C#N)c2)C1. The Balaban J connectivity index is 1.77. The van der Waals surface area contributed by atoms with Gasteiger partial charge in [-0.1, -0.05) is 35.3 Å². The van der Waals surface area contributed by atoms with Crippen molar-refractivity contribution in [2.75, 3.05) is 25.9 Å². The van der Waals surface area contributed by atoms with Crippen molar-refractivity contribution >= 4 is 55.8 Å². The summed E-state index contributed by atoms with van der Waals surface area (Å²) in [4.78, 5) is 25.7. The summed E-state index contributed by atoms with van der Waals surface area (Å²) in [5, 5.41) is 13.2. The van der Waals surface area contributed by atoms with Gasteiger partial charge >= 0.3 is 0 Å². The Morgan fingerprint density at radius 1 is 1.19 bits per heavy atom. The average molecular weight is 561 g/mol. The molecule has 2 heterocycles. The van der Waals surface area contributed by atoms with Crippen LogP contribution in [0.5, 0.6) is 0 Å². The molecule has 0 saturated carbocycles. The molecule has 2 aromatic carbocycles. The minimum atomic E-state index is -3.92. The van der Waals surface area contributed by atoms with Crippen LogP contribution >= 0.6 is 23.2 Å². The number of aromatic nitrogens is 1. The van der Waals surface area contributed by atoms with E-state index >= 15 is 0 Å². The molecule has 1 amide bonds. The first kappa shape index (κ1) is 27.1. The normalized spacial score (nSPS) is 18.5. The quantitative estimate of drug-likeness (QED) is 0.438. The highest BCUT2D eigenvalue weighted by Gasteiger charge is 2.43. The second-order valence-electron chi connectivity index (χ2n) is 9.32. The van der Waals surface area contributed by atoms with E-state index in [4.69, 9.17) is 23.2 Å². The van der Waals surface area contributed by atoms with Crippen LogP contribution in [0.25, 0.3) is 10.9 Å². The molecule has 0 radical (unpaired) electrons. The predicted octanol–water partition coefficient (Wildman–Crippen LogP) is 4.04. The van der Waals surface area contributed by atoms with Gasteiger partial charge in [0, 0.05) is 49.9 Å². The van der Waals surface area contributed by atoms with Crippen molar-refractivity contribution < 1.29 is 18.0 Å². The van der Waals surface area contributed by atoms with E-state index in [0.29, 0.717) is 45.1 Å². The van der Waals surface area contributed by atoms with Crippen LogP contribution in [0.2, 0.25) is 10.0 Å². The van der Waals surface area contributed by atoms with Gasteiger partial charge in [0.2, 0.25) is 15.9 Å². The second kappa shape index (κ2) is 10.5. The second-order valence-corrected chi connectivity index (χ2v) is 12.1. The summed E-state index contributed by atoms with van der Waals surface area (Å²) in [5.41, 5.74) is 1.40. The molecule has 1 aliphatic heterocycles. The number of hydrogen-bond acceptors (Lipinski definition) is 5. The van der Waals surface area contributed by atoms with E-state index < -0.39 is 27.1 Å². The van der Waals surface area contributed by atoms with Crippen LogP contribution in [0.4, 0.5) is 0 Å². The maximum Gasteiger partial charge on any atom is 0.236 e. The molecule has 194 valence electrons. The predicted molar refractivity (Wildman–Crippen MR) is 143 cm³/mol. The number of amides is 1. The number of halogens is 2. The summed E-state index contributed by atoms with van der Waals surface area (Å²) >= 11 is 12.6. The molecule has 11 heteroatoms. The number of carbonyl (C=O) groups excluding carboxylic acids is 2. The van der Waals surface area contributed by atoms with Gasteiger partial charge in [-0.15, -0.1) is 0 Å². The molecule has 3 aromatic rings. The smallest absolute Gasteiger partial charge is 0.236 e. The number of benzene rings is 2. The summed E-state index contributed by atoms with van der Waals surface area (Å²) < 4.78 is 29.2. The first-order valence-electron chi connectivity index (χ1n) is 11.7. The third kappa shape index (κ3) is 5.25. The summed E-state index contributed by atoms with van der Waals surface area (Å²) in [7, 11) is -0.771. The van der Waals surface area contributed by atoms with E-state index in [9.17, 15) is 23.3 Å². The number of aryl methyl sites for hydroxylation is 1. The highest BCUT2D eigenvalue weighted by Crippen LogP contribution is 2.40. The van der Waals surface area contributed by atoms with Crippen molar-refractivity contribution in [3.8, 4) is 6.07 Å². The number of hydrogen-bond donors (Lipinski definition) is 1. The maximum absolute atomic E-state index is 13.8. The number of nitrogens with one attached hydrogen (secondary N) is 1. The van der Waals surface area contributed by atoms with E-state index in [1.165, 1.54) is 11.4 Å². The molecule has 1 saturated heterocycles. The molecule has 37 heavy (non-hydrogen) atoms. The van der Waals surface area contributed by atoms with Gasteiger partial charge in [0.25, 0.3) is 0 Å². The molecule has 1 atom stereocenters. The number of rotatable bonds is 7. The fourth-order valence-corrected chi connectivity index (χ4v) is 6.96. The van der Waals surface area contributed by atoms with Crippen LogP contribution in [-0.4, -0.2) is 54.9 Å². The lowest BCUT2D eigenvalue weighted by Gasteiger charge is -2.42. The highest BCUT2D eigenvalue weighted by molar-refractivity contribution is 7.89. The number of piperidine rings is 1. The highest BCUT2D eigenvalue weighted by atomic mass is 35.5. The molecule has 4 rings (SSSR count). The topological polar surface area (TPSA) is 112 Å². The van der Waals surface area contributed by atoms with E-state index in [1.807, 2.05) is 6.07 Å². The number of nitrogens with zero attached hydrogens (tertiary/aromatic N) is 3. The summed E-state index contributed by atoms with van der Waals surface area (Å²) in [6.45, 7) is 0.263. The molecule has 0 bridgehead atoms. The Morgan fingerprint density at radius 2 is 1.95 bits per heavy atom. The van der Waals surface area contributed by atoms with Crippen LogP contribution in [0.3, 0.4) is 0 Å². The van der Waals surface area contributed by atoms with Crippen LogP contribution in [-0.2, 0) is 27.3 Å². The van der Waals surface area contributed by atoms with Crippen molar-refractivity contribution in [1.29, 1.82) is 5.26 Å². The van der Waals surface area contributed by atoms with Gasteiger partial charge in [-0.2, -0.15) is 5.26 Å². The van der Waals surface area contributed by atoms with Gasteiger partial charge in [0.15, 0.2) is 5.78 Å². The Labute approximate surface area is 225 Å². The molecule has 1 fully saturated rings. The molecular weight excluding hydrogens is 535 g/mol. The molecule has 0 aliphatic carbocycles. The lowest BCUT2D eigenvalue weighted by molar-refractivity contribution is -0.118. The first-order valence-corrected chi connectivity index (χ1v) is 14.0. The minimum absolute atomic E-state index is 0.00336. The maximum atomic E-state index is 13.8. The summed E-state index contributed by atoms with van der Waals surface area (Å²) in [5.74, 6) is -1.47. The van der Waals surface area contributed by atoms with Crippen LogP contribution < -0.4 is 5.32 Å². The number of carbonyl (C=O) groups is 2. The van der Waals surface area contributed by atoms with Crippen molar-refractivity contribution in [2.45, 2.75) is 24.7 Å². The molecule has 1 aliphatic rings. The molecule has 8 nitrogen and oxygen atoms in total. The number of Topliss-reactive ketones (excluding diaryl/α,β-unsaturated/α-hetero) is 1. The van der Waals surface area contributed by atoms with E-state index in [1.54, 1.807) is 48.0 Å². The lowest BCUT2D eigenvalue weighted by atomic mass is 9.70. The van der Waals surface area contributed by atoms with Gasteiger partial charge in [0.05, 0.1) is 27.4 Å². The van der Waals surface area contributed by atoms with Crippen molar-refractivity contribution in [2.24, 2.45) is 7.05 Å². The number of fused-ring (bicyclic) bond motifs is 1. The van der Waals surface area contributed by atoms with Gasteiger partial charge in [-0.05, 0) is 48.7 Å². The molecule has 1 aromatic heterocycles. The minimum Gasteiger partial charge on any atom is -0.358 e. The zero-order valence-electron chi connectivity index (χ0n) is 20.4. The fourth-order valence-electron chi connectivity index (χ4n) is 5.07. The Kier molecular flexibility index (Phi) is 7.67. The van der Waals surface area contributed by atoms with Crippen LogP contribution in [0.15, 0.2) is 42.5 Å². The standard InChI is InChI=1S/C26H26Cl2N4O4S/c1-30-24(34)15-37(35,36)32-10-4-9-26(16-32,18-6-3-5-17(11-18)14-29)13-23(33)22-12-19-21(31(22)2)8-7-20(27)25(19)28/h3,5-8,11-12H,4,9-10,13,15-16H2,1-2H3,(H,30,34). The molecule has 0 spiro atoms. The van der Waals surface area contributed by atoms with Gasteiger partial charge in [0.1, 0.15) is 5.75 Å². The monoisotopic (exact) mass is 560 g/mol. The van der Waals surface area contributed by atoms with Crippen molar-refractivity contribution in [3.63, 3.8) is 0 Å². The fraction of sp³-hybridized carbons (Fsp3) is 0.346. The van der Waals surface area contributed by atoms with E-state index in [2.05, 4.69) is 11.4 Å². The molecule has 1 N–H and O–H groups in total. The third-order valence-corrected chi connectivity index (χ3v) is 9.57. The first-order chi connectivity index (χ1) is 17.5. The van der Waals surface area contributed by atoms with Crippen molar-refractivity contribution in [1.82, 2.24) is 14.2 Å². The van der Waals surface area contributed by atoms with Gasteiger partial charge in [-0.25, -0.2) is 12.7 Å². The zero-order chi connectivity index (χ0) is 27.0. The Hall–Kier alpha value is -2.90.